The number of fused-ring (bicyclic) bond motifs is 1. The molecule has 0 amide bonds. The van der Waals surface area contributed by atoms with Gasteiger partial charge in [-0.1, -0.05) is 23.7 Å². The maximum atomic E-state index is 13.2. The second-order valence-corrected chi connectivity index (χ2v) is 10.3. The molecule has 1 aliphatic heterocycles. The molecule has 1 unspecified atom stereocenters. The highest BCUT2D eigenvalue weighted by molar-refractivity contribution is 6.33. The molecule has 1 saturated heterocycles. The monoisotopic (exact) mass is 583 g/mol. The fourth-order valence-corrected chi connectivity index (χ4v) is 5.51. The number of aliphatic hydroxyl groups is 1. The van der Waals surface area contributed by atoms with Gasteiger partial charge in [-0.25, -0.2) is 4.52 Å². The maximum absolute atomic E-state index is 13.2. The van der Waals surface area contributed by atoms with Crippen LogP contribution in [0.1, 0.15) is 35.7 Å². The van der Waals surface area contributed by atoms with E-state index in [0.29, 0.717) is 46.1 Å². The fourth-order valence-electron chi connectivity index (χ4n) is 5.30. The zero-order chi connectivity index (χ0) is 28.7. The molecule has 41 heavy (non-hydrogen) atoms. The van der Waals surface area contributed by atoms with Crippen molar-refractivity contribution in [3.05, 3.63) is 83.0 Å². The van der Waals surface area contributed by atoms with Crippen molar-refractivity contribution in [2.45, 2.75) is 31.7 Å². The molecular weight excluding hydrogens is 559 g/mol. The Bertz CT molecular complexity index is 1700. The van der Waals surface area contributed by atoms with Crippen LogP contribution in [-0.4, -0.2) is 47.7 Å². The van der Waals surface area contributed by atoms with Crippen LogP contribution in [0.2, 0.25) is 5.02 Å². The number of nitrogens with two attached hydrogens (primary N) is 1. The number of pyridine rings is 2. The number of aromatic nitrogens is 6. The number of nitrogen functional groups attached to an aromatic ring is 1. The smallest absolute Gasteiger partial charge is 0.392 e. The Labute approximate surface area is 237 Å². The third kappa shape index (κ3) is 5.37. The zero-order valence-corrected chi connectivity index (χ0v) is 22.3. The molecular formula is C28H25ClF3N7O2. The van der Waals surface area contributed by atoms with Crippen molar-refractivity contribution >= 4 is 23.2 Å². The molecule has 0 spiro atoms. The van der Waals surface area contributed by atoms with Crippen LogP contribution in [0.25, 0.3) is 27.9 Å². The number of benzene rings is 1. The SMILES string of the molecule is Nc1nc2c(-c3cc(CO)ccc3Cl)cc(-c3cnn(C(c4ccc(C(F)(F)F)nc4)C4CCOCC4)c3)cn2n1. The van der Waals surface area contributed by atoms with Crippen molar-refractivity contribution in [1.82, 2.24) is 29.4 Å². The number of anilines is 1. The summed E-state index contributed by atoms with van der Waals surface area (Å²) in [7, 11) is 0. The molecule has 5 heterocycles. The molecule has 6 rings (SSSR count). The summed E-state index contributed by atoms with van der Waals surface area (Å²) < 4.78 is 48.4. The van der Waals surface area contributed by atoms with Crippen molar-refractivity contribution < 1.29 is 23.0 Å². The zero-order valence-electron chi connectivity index (χ0n) is 21.6. The number of ether oxygens (including phenoxy) is 1. The quantitative estimate of drug-likeness (QED) is 0.274. The molecule has 1 fully saturated rings. The number of aliphatic hydroxyl groups excluding tert-OH is 1. The molecule has 4 aromatic heterocycles. The third-order valence-electron chi connectivity index (χ3n) is 7.30. The summed E-state index contributed by atoms with van der Waals surface area (Å²) in [5.41, 5.74) is 9.59. The van der Waals surface area contributed by atoms with E-state index < -0.39 is 11.9 Å². The van der Waals surface area contributed by atoms with Gasteiger partial charge in [0.2, 0.25) is 5.95 Å². The van der Waals surface area contributed by atoms with Crippen molar-refractivity contribution in [3.8, 4) is 22.3 Å². The lowest BCUT2D eigenvalue weighted by molar-refractivity contribution is -0.141. The van der Waals surface area contributed by atoms with Crippen LogP contribution in [0.3, 0.4) is 0 Å². The molecule has 1 aliphatic rings. The van der Waals surface area contributed by atoms with Crippen LogP contribution in [0.15, 0.2) is 61.2 Å². The first-order valence-corrected chi connectivity index (χ1v) is 13.3. The van der Waals surface area contributed by atoms with Gasteiger partial charge in [0.15, 0.2) is 5.65 Å². The van der Waals surface area contributed by atoms with E-state index in [1.54, 1.807) is 39.8 Å². The Balaban J connectivity index is 1.44. The minimum Gasteiger partial charge on any atom is -0.392 e. The van der Waals surface area contributed by atoms with E-state index in [1.807, 2.05) is 12.3 Å². The summed E-state index contributed by atoms with van der Waals surface area (Å²) in [5, 5.41) is 19.1. The van der Waals surface area contributed by atoms with Crippen molar-refractivity contribution in [3.63, 3.8) is 0 Å². The predicted molar refractivity (Wildman–Crippen MR) is 146 cm³/mol. The first kappa shape index (κ1) is 27.2. The average molecular weight is 584 g/mol. The van der Waals surface area contributed by atoms with Crippen LogP contribution >= 0.6 is 11.6 Å². The summed E-state index contributed by atoms with van der Waals surface area (Å²) >= 11 is 6.56. The fraction of sp³-hybridized carbons (Fsp3) is 0.286. The van der Waals surface area contributed by atoms with Crippen LogP contribution in [0, 0.1) is 5.92 Å². The lowest BCUT2D eigenvalue weighted by atomic mass is 9.87. The van der Waals surface area contributed by atoms with Gasteiger partial charge in [0, 0.05) is 59.1 Å². The van der Waals surface area contributed by atoms with Gasteiger partial charge < -0.3 is 15.6 Å². The lowest BCUT2D eigenvalue weighted by Crippen LogP contribution is -2.27. The first-order chi connectivity index (χ1) is 19.7. The van der Waals surface area contributed by atoms with Crippen LogP contribution in [-0.2, 0) is 17.5 Å². The summed E-state index contributed by atoms with van der Waals surface area (Å²) in [4.78, 5) is 8.07. The van der Waals surface area contributed by atoms with Crippen molar-refractivity contribution in [1.29, 1.82) is 0 Å². The van der Waals surface area contributed by atoms with Gasteiger partial charge in [-0.15, -0.1) is 5.10 Å². The Morgan fingerprint density at radius 2 is 1.85 bits per heavy atom. The molecule has 3 N–H and O–H groups in total. The lowest BCUT2D eigenvalue weighted by Gasteiger charge is -2.30. The molecule has 212 valence electrons. The van der Waals surface area contributed by atoms with E-state index in [2.05, 4.69) is 20.2 Å². The molecule has 0 aliphatic carbocycles. The Kier molecular flexibility index (Phi) is 7.14. The number of hydrogen-bond donors (Lipinski definition) is 2. The summed E-state index contributed by atoms with van der Waals surface area (Å²) in [6.07, 6.45) is 3.55. The number of nitrogens with zero attached hydrogens (tertiary/aromatic N) is 6. The molecule has 1 atom stereocenters. The standard InChI is InChI=1S/C28H25ClF3N7O2/c29-23-3-1-16(15-40)9-21(23)22-10-19(13-39-26(22)36-27(33)37-39)20-12-35-38(14-20)25(17-5-7-41-8-6-17)18-2-4-24(34-11-18)28(30,31)32/h1-4,9-14,17,25,40H,5-8,15H2,(H2,33,37). The minimum atomic E-state index is -4.52. The van der Waals surface area contributed by atoms with Gasteiger partial charge in [-0.2, -0.15) is 23.3 Å². The Hall–Kier alpha value is -4.00. The Morgan fingerprint density at radius 1 is 1.05 bits per heavy atom. The summed E-state index contributed by atoms with van der Waals surface area (Å²) in [5.74, 6) is 0.172. The molecule has 0 radical (unpaired) electrons. The van der Waals surface area contributed by atoms with E-state index in [0.717, 1.165) is 30.0 Å². The second kappa shape index (κ2) is 10.8. The third-order valence-corrected chi connectivity index (χ3v) is 7.63. The van der Waals surface area contributed by atoms with E-state index in [1.165, 1.54) is 12.3 Å². The molecule has 0 bridgehead atoms. The van der Waals surface area contributed by atoms with Gasteiger partial charge in [-0.3, -0.25) is 9.67 Å². The van der Waals surface area contributed by atoms with E-state index >= 15 is 0 Å². The Morgan fingerprint density at radius 3 is 2.56 bits per heavy atom. The molecule has 1 aromatic carbocycles. The van der Waals surface area contributed by atoms with E-state index in [4.69, 9.17) is 22.1 Å². The number of rotatable bonds is 6. The minimum absolute atomic E-state index is 0.0860. The summed E-state index contributed by atoms with van der Waals surface area (Å²) in [6, 6.07) is 9.26. The van der Waals surface area contributed by atoms with E-state index in [-0.39, 0.29) is 24.5 Å². The van der Waals surface area contributed by atoms with E-state index in [9.17, 15) is 18.3 Å². The maximum Gasteiger partial charge on any atom is 0.433 e. The topological polar surface area (TPSA) is 116 Å². The van der Waals surface area contributed by atoms with Crippen LogP contribution in [0.5, 0.6) is 0 Å². The number of hydrogen-bond acceptors (Lipinski definition) is 7. The van der Waals surface area contributed by atoms with Gasteiger partial charge in [0.25, 0.3) is 0 Å². The largest absolute Gasteiger partial charge is 0.433 e. The molecule has 13 heteroatoms. The number of halogens is 4. The van der Waals surface area contributed by atoms with Gasteiger partial charge in [-0.05, 0) is 54.2 Å². The van der Waals surface area contributed by atoms with Crippen LogP contribution < -0.4 is 5.73 Å². The predicted octanol–water partition coefficient (Wildman–Crippen LogP) is 5.42. The van der Waals surface area contributed by atoms with Gasteiger partial charge in [0.1, 0.15) is 5.69 Å². The van der Waals surface area contributed by atoms with Gasteiger partial charge >= 0.3 is 6.18 Å². The number of alkyl halides is 3. The highest BCUT2D eigenvalue weighted by Crippen LogP contribution is 2.38. The van der Waals surface area contributed by atoms with Gasteiger partial charge in [0.05, 0.1) is 18.8 Å². The first-order valence-electron chi connectivity index (χ1n) is 12.9. The molecule has 9 nitrogen and oxygen atoms in total. The average Bonchev–Trinajstić information content (AvgIpc) is 3.60. The highest BCUT2D eigenvalue weighted by atomic mass is 35.5. The molecule has 5 aromatic rings. The van der Waals surface area contributed by atoms with Crippen molar-refractivity contribution in [2.24, 2.45) is 5.92 Å². The summed E-state index contributed by atoms with van der Waals surface area (Å²) in [6.45, 7) is 0.962. The normalized spacial score (nSPS) is 15.4. The van der Waals surface area contributed by atoms with Crippen LogP contribution in [0.4, 0.5) is 19.1 Å². The second-order valence-electron chi connectivity index (χ2n) is 9.93. The van der Waals surface area contributed by atoms with Crippen molar-refractivity contribution in [2.75, 3.05) is 18.9 Å². The molecule has 0 saturated carbocycles. The highest BCUT2D eigenvalue weighted by Gasteiger charge is 2.34.